The van der Waals surface area contributed by atoms with Crippen LogP contribution in [-0.2, 0) is 32.6 Å². The summed E-state index contributed by atoms with van der Waals surface area (Å²) in [4.78, 5) is 14.0. The summed E-state index contributed by atoms with van der Waals surface area (Å²) in [6.07, 6.45) is -1.50. The van der Waals surface area contributed by atoms with E-state index in [1.54, 1.807) is 6.07 Å². The molecule has 1 aromatic carbocycles. The van der Waals surface area contributed by atoms with E-state index in [1.165, 1.54) is 30.8 Å². The Morgan fingerprint density at radius 3 is 2.65 bits per heavy atom. The van der Waals surface area contributed by atoms with Crippen LogP contribution in [0, 0.1) is 0 Å². The number of nitrogens with zero attached hydrogens (tertiary/aromatic N) is 3. The van der Waals surface area contributed by atoms with Crippen molar-refractivity contribution in [1.29, 1.82) is 0 Å². The fourth-order valence-corrected chi connectivity index (χ4v) is 3.25. The van der Waals surface area contributed by atoms with E-state index < -0.39 is 11.9 Å². The zero-order chi connectivity index (χ0) is 18.9. The predicted octanol–water partition coefficient (Wildman–Crippen LogP) is 2.40. The van der Waals surface area contributed by atoms with Gasteiger partial charge in [0.15, 0.2) is 5.69 Å². The third-order valence-electron chi connectivity index (χ3n) is 4.52. The van der Waals surface area contributed by atoms with Gasteiger partial charge in [0.05, 0.1) is 0 Å². The van der Waals surface area contributed by atoms with Crippen LogP contribution in [0.5, 0.6) is 0 Å². The normalized spacial score (nSPS) is 14.7. The highest BCUT2D eigenvalue weighted by Crippen LogP contribution is 2.31. The molecule has 1 aliphatic rings. The molecule has 2 heterocycles. The second-order valence-electron chi connectivity index (χ2n) is 6.57. The summed E-state index contributed by atoms with van der Waals surface area (Å²) in [5.41, 5.74) is 1.85. The largest absolute Gasteiger partial charge is 0.435 e. The van der Waals surface area contributed by atoms with Crippen molar-refractivity contribution in [1.82, 2.24) is 20.0 Å². The number of aromatic nitrogens is 2. The van der Waals surface area contributed by atoms with Crippen LogP contribution in [0.2, 0.25) is 0 Å². The van der Waals surface area contributed by atoms with E-state index in [2.05, 4.69) is 10.4 Å². The number of benzene rings is 1. The molecule has 2 aromatic rings. The molecule has 0 spiro atoms. The van der Waals surface area contributed by atoms with Gasteiger partial charge in [-0.1, -0.05) is 6.07 Å². The second-order valence-corrected chi connectivity index (χ2v) is 6.57. The Kier molecular flexibility index (Phi) is 5.04. The van der Waals surface area contributed by atoms with E-state index in [0.717, 1.165) is 36.2 Å². The van der Waals surface area contributed by atoms with Gasteiger partial charge in [0.2, 0.25) is 0 Å². The van der Waals surface area contributed by atoms with Crippen molar-refractivity contribution in [2.24, 2.45) is 7.05 Å². The van der Waals surface area contributed by atoms with E-state index in [4.69, 9.17) is 0 Å². The summed E-state index contributed by atoms with van der Waals surface area (Å²) >= 11 is 0. The molecule has 5 nitrogen and oxygen atoms in total. The maximum absolute atomic E-state index is 13.1. The summed E-state index contributed by atoms with van der Waals surface area (Å²) in [5.74, 6) is -0.304. The first-order chi connectivity index (χ1) is 12.3. The molecule has 1 aliphatic heterocycles. The van der Waals surface area contributed by atoms with Crippen LogP contribution < -0.4 is 5.32 Å². The average Bonchev–Trinajstić information content (AvgIpc) is 2.80. The third kappa shape index (κ3) is 3.90. The maximum atomic E-state index is 13.1. The Hall–Kier alpha value is -2.35. The molecule has 0 fully saturated rings. The molecule has 0 saturated heterocycles. The number of hydrogen-bond donors (Lipinski definition) is 1. The Labute approximate surface area is 149 Å². The number of aryl methyl sites for hydroxylation is 1. The van der Waals surface area contributed by atoms with Crippen LogP contribution in [0.1, 0.15) is 32.7 Å². The molecule has 0 bridgehead atoms. The molecular formula is C18H21F3N4O. The first kappa shape index (κ1) is 18.4. The van der Waals surface area contributed by atoms with Gasteiger partial charge in [-0.3, -0.25) is 9.48 Å². The molecule has 3 rings (SSSR count). The number of carbonyl (C=O) groups is 1. The summed E-state index contributed by atoms with van der Waals surface area (Å²) in [7, 11) is 2.93. The number of hydrogen-bond acceptors (Lipinski definition) is 3. The maximum Gasteiger partial charge on any atom is 0.435 e. The fraction of sp³-hybridized carbons (Fsp3) is 0.444. The van der Waals surface area contributed by atoms with Gasteiger partial charge in [0.1, 0.15) is 0 Å². The van der Waals surface area contributed by atoms with Crippen molar-refractivity contribution in [3.63, 3.8) is 0 Å². The van der Waals surface area contributed by atoms with Crippen LogP contribution in [0.3, 0.4) is 0 Å². The van der Waals surface area contributed by atoms with Crippen LogP contribution in [0.4, 0.5) is 13.2 Å². The van der Waals surface area contributed by atoms with Crippen molar-refractivity contribution in [3.8, 4) is 0 Å². The zero-order valence-electron chi connectivity index (χ0n) is 14.7. The number of alkyl halides is 3. The minimum absolute atomic E-state index is 0.0187. The third-order valence-corrected chi connectivity index (χ3v) is 4.52. The van der Waals surface area contributed by atoms with E-state index in [0.29, 0.717) is 5.56 Å². The first-order valence-corrected chi connectivity index (χ1v) is 8.43. The van der Waals surface area contributed by atoms with Gasteiger partial charge < -0.3 is 10.2 Å². The number of fused-ring (bicyclic) bond motifs is 1. The Morgan fingerprint density at radius 1 is 1.27 bits per heavy atom. The standard InChI is InChI=1S/C18H21F3N4O/c1-24(10-15-11-25(2)23-16(15)18(19,20)21)17(26)14-4-3-12-5-7-22-8-6-13(12)9-14/h3-4,9,11,22H,5-8,10H2,1-2H3. The Balaban J connectivity index is 1.80. The number of rotatable bonds is 3. The SMILES string of the molecule is CN(Cc1cn(C)nc1C(F)(F)F)C(=O)c1ccc2c(c1)CCNCC2. The predicted molar refractivity (Wildman–Crippen MR) is 90.7 cm³/mol. The molecule has 0 unspecified atom stereocenters. The highest BCUT2D eigenvalue weighted by atomic mass is 19.4. The molecule has 8 heteroatoms. The summed E-state index contributed by atoms with van der Waals surface area (Å²) in [6, 6.07) is 5.54. The lowest BCUT2D eigenvalue weighted by Crippen LogP contribution is -2.27. The summed E-state index contributed by atoms with van der Waals surface area (Å²) < 4.78 is 40.4. The molecule has 0 aliphatic carbocycles. The van der Waals surface area contributed by atoms with Crippen molar-refractivity contribution in [2.75, 3.05) is 20.1 Å². The summed E-state index contributed by atoms with van der Waals surface area (Å²) in [5, 5.41) is 6.79. The molecule has 140 valence electrons. The highest BCUT2D eigenvalue weighted by Gasteiger charge is 2.37. The van der Waals surface area contributed by atoms with Gasteiger partial charge in [0.25, 0.3) is 5.91 Å². The number of amides is 1. The van der Waals surface area contributed by atoms with Crippen molar-refractivity contribution >= 4 is 5.91 Å². The van der Waals surface area contributed by atoms with Crippen molar-refractivity contribution in [3.05, 3.63) is 52.3 Å². The zero-order valence-corrected chi connectivity index (χ0v) is 14.7. The quantitative estimate of drug-likeness (QED) is 0.908. The molecule has 1 N–H and O–H groups in total. The van der Waals surface area contributed by atoms with E-state index in [9.17, 15) is 18.0 Å². The number of nitrogens with one attached hydrogen (secondary N) is 1. The van der Waals surface area contributed by atoms with E-state index in [-0.39, 0.29) is 18.0 Å². The van der Waals surface area contributed by atoms with Gasteiger partial charge >= 0.3 is 6.18 Å². The topological polar surface area (TPSA) is 50.2 Å². The molecule has 26 heavy (non-hydrogen) atoms. The molecular weight excluding hydrogens is 345 g/mol. The minimum Gasteiger partial charge on any atom is -0.337 e. The molecule has 0 atom stereocenters. The molecule has 1 amide bonds. The van der Waals surface area contributed by atoms with Gasteiger partial charge in [-0.2, -0.15) is 18.3 Å². The minimum atomic E-state index is -4.54. The second kappa shape index (κ2) is 7.11. The number of halogens is 3. The number of carbonyl (C=O) groups excluding carboxylic acids is 1. The van der Waals surface area contributed by atoms with Gasteiger partial charge in [0, 0.05) is 38.0 Å². The molecule has 1 aromatic heterocycles. The first-order valence-electron chi connectivity index (χ1n) is 8.43. The molecule has 0 saturated carbocycles. The fourth-order valence-electron chi connectivity index (χ4n) is 3.25. The van der Waals surface area contributed by atoms with E-state index >= 15 is 0 Å². The lowest BCUT2D eigenvalue weighted by Gasteiger charge is -2.18. The van der Waals surface area contributed by atoms with Crippen LogP contribution in [-0.4, -0.2) is 40.7 Å². The van der Waals surface area contributed by atoms with Crippen LogP contribution >= 0.6 is 0 Å². The smallest absolute Gasteiger partial charge is 0.337 e. The lowest BCUT2D eigenvalue weighted by molar-refractivity contribution is -0.142. The van der Waals surface area contributed by atoms with Crippen LogP contribution in [0.15, 0.2) is 24.4 Å². The van der Waals surface area contributed by atoms with E-state index in [1.807, 2.05) is 12.1 Å². The Morgan fingerprint density at radius 2 is 1.96 bits per heavy atom. The van der Waals surface area contributed by atoms with Gasteiger partial charge in [-0.15, -0.1) is 0 Å². The Bertz CT molecular complexity index is 813. The average molecular weight is 366 g/mol. The lowest BCUT2D eigenvalue weighted by atomic mass is 9.99. The summed E-state index contributed by atoms with van der Waals surface area (Å²) in [6.45, 7) is 1.60. The van der Waals surface area contributed by atoms with Crippen molar-refractivity contribution in [2.45, 2.75) is 25.6 Å². The van der Waals surface area contributed by atoms with Gasteiger partial charge in [-0.05, 0) is 49.2 Å². The van der Waals surface area contributed by atoms with Crippen LogP contribution in [0.25, 0.3) is 0 Å². The van der Waals surface area contributed by atoms with Crippen molar-refractivity contribution < 1.29 is 18.0 Å². The highest BCUT2D eigenvalue weighted by molar-refractivity contribution is 5.94. The molecule has 0 radical (unpaired) electrons. The van der Waals surface area contributed by atoms with Gasteiger partial charge in [-0.25, -0.2) is 0 Å². The monoisotopic (exact) mass is 366 g/mol.